The molecule has 2 aromatic rings. The fourth-order valence-electron chi connectivity index (χ4n) is 2.92. The van der Waals surface area contributed by atoms with Gasteiger partial charge in [-0.3, -0.25) is 14.4 Å². The average Bonchev–Trinajstić information content (AvgIpc) is 3.03. The number of carboxylic acids is 1. The molecular weight excluding hydrogens is 517 g/mol. The minimum atomic E-state index is -1.32. The largest absolute Gasteiger partial charge is 0.490 e. The molecule has 0 atom stereocenters. The van der Waals surface area contributed by atoms with Crippen molar-refractivity contribution < 1.29 is 38.1 Å². The first-order valence-corrected chi connectivity index (χ1v) is 10.7. The number of rotatable bonds is 9. The van der Waals surface area contributed by atoms with Crippen molar-refractivity contribution in [2.24, 2.45) is 0 Å². The smallest absolute Gasteiger partial charge is 0.329 e. The van der Waals surface area contributed by atoms with Crippen LogP contribution in [0, 0.1) is 5.82 Å². The van der Waals surface area contributed by atoms with Crippen LogP contribution >= 0.6 is 15.9 Å². The van der Waals surface area contributed by atoms with E-state index >= 15 is 0 Å². The SMILES string of the molecule is CCOc1cc(/C=C2/NC(=O)N(CC(=O)O)C2=O)c(Br)cc1OCC(=O)Nc1ccc(F)cc1. The van der Waals surface area contributed by atoms with Crippen molar-refractivity contribution in [3.63, 3.8) is 0 Å². The summed E-state index contributed by atoms with van der Waals surface area (Å²) in [5, 5.41) is 13.8. The molecule has 2 aromatic carbocycles. The van der Waals surface area contributed by atoms with Gasteiger partial charge in [-0.1, -0.05) is 15.9 Å². The molecule has 0 unspecified atom stereocenters. The minimum absolute atomic E-state index is 0.109. The summed E-state index contributed by atoms with van der Waals surface area (Å²) in [6.07, 6.45) is 1.36. The number of hydrogen-bond donors (Lipinski definition) is 3. The Morgan fingerprint density at radius 1 is 1.18 bits per heavy atom. The van der Waals surface area contributed by atoms with E-state index < -0.39 is 36.2 Å². The van der Waals surface area contributed by atoms with Crippen LogP contribution in [0.1, 0.15) is 12.5 Å². The Hall–Kier alpha value is -3.93. The molecule has 1 heterocycles. The number of carbonyl (C=O) groups is 4. The molecule has 0 spiro atoms. The predicted molar refractivity (Wildman–Crippen MR) is 122 cm³/mol. The van der Waals surface area contributed by atoms with Gasteiger partial charge in [0.2, 0.25) is 0 Å². The molecule has 12 heteroatoms. The Balaban J connectivity index is 1.76. The third-order valence-corrected chi connectivity index (χ3v) is 5.09. The molecule has 0 saturated carbocycles. The highest BCUT2D eigenvalue weighted by Crippen LogP contribution is 2.35. The van der Waals surface area contributed by atoms with E-state index in [0.29, 0.717) is 20.6 Å². The molecular formula is C22H19BrFN3O7. The Bertz CT molecular complexity index is 1170. The maximum Gasteiger partial charge on any atom is 0.329 e. The topological polar surface area (TPSA) is 134 Å². The minimum Gasteiger partial charge on any atom is -0.490 e. The Morgan fingerprint density at radius 3 is 2.50 bits per heavy atom. The zero-order chi connectivity index (χ0) is 24.8. The van der Waals surface area contributed by atoms with Crippen molar-refractivity contribution in [1.29, 1.82) is 0 Å². The third kappa shape index (κ3) is 6.10. The van der Waals surface area contributed by atoms with Gasteiger partial charge in [-0.2, -0.15) is 0 Å². The highest BCUT2D eigenvalue weighted by Gasteiger charge is 2.35. The van der Waals surface area contributed by atoms with Crippen molar-refractivity contribution in [2.45, 2.75) is 6.92 Å². The summed E-state index contributed by atoms with van der Waals surface area (Å²) in [4.78, 5) is 47.9. The summed E-state index contributed by atoms with van der Waals surface area (Å²) >= 11 is 3.35. The first kappa shape index (κ1) is 24.7. The fraction of sp³-hybridized carbons (Fsp3) is 0.182. The van der Waals surface area contributed by atoms with E-state index in [0.717, 1.165) is 0 Å². The standard InChI is InChI=1S/C22H19BrFN3O7/c1-2-33-17-8-12(7-16-21(31)27(10-20(29)30)22(32)26-16)15(23)9-18(17)34-11-19(28)25-14-5-3-13(24)4-6-14/h3-9H,2,10-11H2,1H3,(H,25,28)(H,26,32)(H,29,30)/b16-7+. The molecule has 1 aliphatic rings. The molecule has 0 aliphatic carbocycles. The lowest BCUT2D eigenvalue weighted by atomic mass is 10.1. The number of halogens is 2. The number of carbonyl (C=O) groups excluding carboxylic acids is 3. The van der Waals surface area contributed by atoms with Crippen molar-refractivity contribution in [2.75, 3.05) is 25.1 Å². The number of hydrogen-bond acceptors (Lipinski definition) is 6. The van der Waals surface area contributed by atoms with Crippen LogP contribution in [0.5, 0.6) is 11.5 Å². The van der Waals surface area contributed by atoms with Crippen molar-refractivity contribution in [3.8, 4) is 11.5 Å². The molecule has 4 amide bonds. The molecule has 34 heavy (non-hydrogen) atoms. The van der Waals surface area contributed by atoms with Gasteiger partial charge in [0, 0.05) is 10.2 Å². The number of carboxylic acid groups (broad SMARTS) is 1. The highest BCUT2D eigenvalue weighted by atomic mass is 79.9. The van der Waals surface area contributed by atoms with Crippen molar-refractivity contribution in [1.82, 2.24) is 10.2 Å². The van der Waals surface area contributed by atoms with Gasteiger partial charge in [0.25, 0.3) is 11.8 Å². The third-order valence-electron chi connectivity index (χ3n) is 4.41. The molecule has 0 aromatic heterocycles. The van der Waals surface area contributed by atoms with Gasteiger partial charge in [0.1, 0.15) is 18.1 Å². The molecule has 1 fully saturated rings. The number of nitrogens with one attached hydrogen (secondary N) is 2. The van der Waals surface area contributed by atoms with Gasteiger partial charge < -0.3 is 25.2 Å². The van der Waals surface area contributed by atoms with Gasteiger partial charge in [0.15, 0.2) is 18.1 Å². The Labute approximate surface area is 201 Å². The van der Waals surface area contributed by atoms with E-state index in [2.05, 4.69) is 26.6 Å². The summed E-state index contributed by atoms with van der Waals surface area (Å²) in [7, 11) is 0. The van der Waals surface area contributed by atoms with Crippen LogP contribution in [0.25, 0.3) is 6.08 Å². The summed E-state index contributed by atoms with van der Waals surface area (Å²) in [5.41, 5.74) is 0.734. The Morgan fingerprint density at radius 2 is 1.85 bits per heavy atom. The summed E-state index contributed by atoms with van der Waals surface area (Å²) in [5.74, 6) is -2.51. The second-order valence-corrected chi connectivity index (χ2v) is 7.72. The summed E-state index contributed by atoms with van der Waals surface area (Å²) in [6.45, 7) is 0.899. The quantitative estimate of drug-likeness (QED) is 0.332. The predicted octanol–water partition coefficient (Wildman–Crippen LogP) is 2.98. The van der Waals surface area contributed by atoms with Crippen LogP contribution in [-0.4, -0.2) is 53.6 Å². The van der Waals surface area contributed by atoms with Gasteiger partial charge in [-0.05, 0) is 55.0 Å². The number of urea groups is 1. The lowest BCUT2D eigenvalue weighted by Gasteiger charge is -2.14. The number of amides is 4. The first-order valence-electron chi connectivity index (χ1n) is 9.88. The normalized spacial score (nSPS) is 14.2. The van der Waals surface area contributed by atoms with Crippen molar-refractivity contribution in [3.05, 3.63) is 57.9 Å². The van der Waals surface area contributed by atoms with Gasteiger partial charge >= 0.3 is 12.0 Å². The maximum atomic E-state index is 13.0. The van der Waals surface area contributed by atoms with E-state index in [4.69, 9.17) is 14.6 Å². The molecule has 3 rings (SSSR count). The van der Waals surface area contributed by atoms with E-state index in [1.54, 1.807) is 6.92 Å². The number of anilines is 1. The molecule has 1 aliphatic heterocycles. The lowest BCUT2D eigenvalue weighted by Crippen LogP contribution is -2.35. The highest BCUT2D eigenvalue weighted by molar-refractivity contribution is 9.10. The second kappa shape index (κ2) is 10.8. The molecule has 1 saturated heterocycles. The molecule has 3 N–H and O–H groups in total. The summed E-state index contributed by atoms with van der Waals surface area (Å²) < 4.78 is 24.6. The first-order chi connectivity index (χ1) is 16.2. The summed E-state index contributed by atoms with van der Waals surface area (Å²) in [6, 6.07) is 7.48. The zero-order valence-electron chi connectivity index (χ0n) is 17.8. The van der Waals surface area contributed by atoms with Gasteiger partial charge in [-0.15, -0.1) is 0 Å². The van der Waals surface area contributed by atoms with Crippen LogP contribution in [0.4, 0.5) is 14.9 Å². The number of aliphatic carboxylic acids is 1. The fourth-order valence-corrected chi connectivity index (χ4v) is 3.36. The van der Waals surface area contributed by atoms with Crippen LogP contribution in [0.3, 0.4) is 0 Å². The number of benzene rings is 2. The van der Waals surface area contributed by atoms with Crippen LogP contribution in [0.2, 0.25) is 0 Å². The van der Waals surface area contributed by atoms with Crippen LogP contribution < -0.4 is 20.1 Å². The van der Waals surface area contributed by atoms with Gasteiger partial charge in [0.05, 0.1) is 6.61 Å². The van der Waals surface area contributed by atoms with E-state index in [9.17, 15) is 23.6 Å². The molecule has 178 valence electrons. The lowest BCUT2D eigenvalue weighted by molar-refractivity contribution is -0.140. The molecule has 10 nitrogen and oxygen atoms in total. The van der Waals surface area contributed by atoms with Crippen LogP contribution in [0.15, 0.2) is 46.6 Å². The number of imide groups is 1. The van der Waals surface area contributed by atoms with Crippen molar-refractivity contribution >= 4 is 51.5 Å². The maximum absolute atomic E-state index is 13.0. The monoisotopic (exact) mass is 535 g/mol. The zero-order valence-corrected chi connectivity index (χ0v) is 19.3. The van der Waals surface area contributed by atoms with E-state index in [1.165, 1.54) is 42.5 Å². The number of nitrogens with zero attached hydrogens (tertiary/aromatic N) is 1. The number of ether oxygens (including phenoxy) is 2. The average molecular weight is 536 g/mol. The van der Waals surface area contributed by atoms with Gasteiger partial charge in [-0.25, -0.2) is 14.1 Å². The van der Waals surface area contributed by atoms with E-state index in [-0.39, 0.29) is 30.4 Å². The van der Waals surface area contributed by atoms with Crippen LogP contribution in [-0.2, 0) is 14.4 Å². The Kier molecular flexibility index (Phi) is 7.84. The van der Waals surface area contributed by atoms with E-state index in [1.807, 2.05) is 0 Å². The second-order valence-electron chi connectivity index (χ2n) is 6.87. The molecule has 0 radical (unpaired) electrons. The molecule has 0 bridgehead atoms.